The molecular formula is C13H24O2. The Bertz CT molecular complexity index is 219. The van der Waals surface area contributed by atoms with Crippen molar-refractivity contribution < 1.29 is 9.84 Å². The number of hydrogen-bond donors (Lipinski definition) is 1. The molecule has 0 aliphatic heterocycles. The highest BCUT2D eigenvalue weighted by atomic mass is 16.5. The van der Waals surface area contributed by atoms with E-state index >= 15 is 0 Å². The van der Waals surface area contributed by atoms with Gasteiger partial charge in [-0.15, -0.1) is 0 Å². The second-order valence-electron chi connectivity index (χ2n) is 5.05. The zero-order chi connectivity index (χ0) is 11.3. The third-order valence-corrected chi connectivity index (χ3v) is 3.40. The monoisotopic (exact) mass is 212 g/mol. The molecule has 1 aliphatic rings. The lowest BCUT2D eigenvalue weighted by molar-refractivity contribution is -0.0663. The van der Waals surface area contributed by atoms with Gasteiger partial charge >= 0.3 is 0 Å². The highest BCUT2D eigenvalue weighted by Gasteiger charge is 2.30. The Morgan fingerprint density at radius 2 is 2.27 bits per heavy atom. The first kappa shape index (κ1) is 12.7. The van der Waals surface area contributed by atoms with Gasteiger partial charge in [0.2, 0.25) is 0 Å². The van der Waals surface area contributed by atoms with Gasteiger partial charge in [0.05, 0.1) is 5.60 Å². The second kappa shape index (κ2) is 5.66. The van der Waals surface area contributed by atoms with Crippen molar-refractivity contribution in [3.05, 3.63) is 11.6 Å². The van der Waals surface area contributed by atoms with Crippen LogP contribution in [0.2, 0.25) is 0 Å². The quantitative estimate of drug-likeness (QED) is 0.561. The van der Waals surface area contributed by atoms with Crippen LogP contribution in [0.4, 0.5) is 0 Å². The lowest BCUT2D eigenvalue weighted by Crippen LogP contribution is -2.35. The molecule has 0 radical (unpaired) electrons. The number of aliphatic hydroxyl groups excluding tert-OH is 1. The molecule has 2 nitrogen and oxygen atoms in total. The van der Waals surface area contributed by atoms with Crippen LogP contribution in [-0.2, 0) is 4.74 Å². The Kier molecular flexibility index (Phi) is 4.81. The van der Waals surface area contributed by atoms with E-state index in [2.05, 4.69) is 26.8 Å². The minimum atomic E-state index is -0.0492. The third kappa shape index (κ3) is 3.96. The average molecular weight is 212 g/mol. The van der Waals surface area contributed by atoms with Crippen molar-refractivity contribution >= 4 is 0 Å². The predicted octanol–water partition coefficient (Wildman–Crippen LogP) is 2.91. The van der Waals surface area contributed by atoms with Crippen LogP contribution in [0.15, 0.2) is 11.6 Å². The molecule has 0 bridgehead atoms. The largest absolute Gasteiger partial charge is 0.396 e. The van der Waals surface area contributed by atoms with Crippen LogP contribution in [-0.4, -0.2) is 23.9 Å². The molecule has 0 aromatic rings. The Morgan fingerprint density at radius 1 is 1.53 bits per heavy atom. The minimum absolute atomic E-state index is 0.0492. The molecule has 0 heterocycles. The molecule has 0 aromatic heterocycles. The van der Waals surface area contributed by atoms with Crippen LogP contribution in [0.5, 0.6) is 0 Å². The average Bonchev–Trinajstić information content (AvgIpc) is 2.18. The Hall–Kier alpha value is -0.340. The summed E-state index contributed by atoms with van der Waals surface area (Å²) < 4.78 is 5.86. The number of aliphatic hydroxyl groups is 1. The fourth-order valence-electron chi connectivity index (χ4n) is 2.11. The van der Waals surface area contributed by atoms with E-state index in [9.17, 15) is 0 Å². The van der Waals surface area contributed by atoms with Crippen LogP contribution < -0.4 is 0 Å². The van der Waals surface area contributed by atoms with Gasteiger partial charge in [-0.05, 0) is 52.4 Å². The third-order valence-electron chi connectivity index (χ3n) is 3.40. The fourth-order valence-corrected chi connectivity index (χ4v) is 2.11. The Balaban J connectivity index is 2.40. The Morgan fingerprint density at radius 3 is 2.80 bits per heavy atom. The maximum absolute atomic E-state index is 8.72. The van der Waals surface area contributed by atoms with Gasteiger partial charge in [-0.3, -0.25) is 0 Å². The minimum Gasteiger partial charge on any atom is -0.396 e. The van der Waals surface area contributed by atoms with Gasteiger partial charge in [-0.2, -0.15) is 0 Å². The highest BCUT2D eigenvalue weighted by Crippen LogP contribution is 2.33. The molecule has 88 valence electrons. The summed E-state index contributed by atoms with van der Waals surface area (Å²) in [6.45, 7) is 7.44. The first-order chi connectivity index (χ1) is 7.06. The molecule has 1 rings (SSSR count). The first-order valence-corrected chi connectivity index (χ1v) is 5.96. The molecule has 2 heteroatoms. The molecule has 0 saturated carbocycles. The Labute approximate surface area is 93.3 Å². The van der Waals surface area contributed by atoms with Crippen molar-refractivity contribution in [3.8, 4) is 0 Å². The SMILES string of the molecule is CC1=CC[C@H](C(C)(C)OCCCO)CC1. The molecule has 15 heavy (non-hydrogen) atoms. The number of allylic oxidation sites excluding steroid dienone is 2. The van der Waals surface area contributed by atoms with Gasteiger partial charge in [0.1, 0.15) is 0 Å². The summed E-state index contributed by atoms with van der Waals surface area (Å²) in [7, 11) is 0. The zero-order valence-electron chi connectivity index (χ0n) is 10.3. The van der Waals surface area contributed by atoms with E-state index in [0.29, 0.717) is 12.5 Å². The van der Waals surface area contributed by atoms with Gasteiger partial charge in [-0.1, -0.05) is 11.6 Å². The van der Waals surface area contributed by atoms with Crippen molar-refractivity contribution in [2.24, 2.45) is 5.92 Å². The molecule has 1 atom stereocenters. The number of ether oxygens (including phenoxy) is 1. The van der Waals surface area contributed by atoms with Crippen LogP contribution >= 0.6 is 0 Å². The van der Waals surface area contributed by atoms with E-state index in [4.69, 9.17) is 9.84 Å². The van der Waals surface area contributed by atoms with Gasteiger partial charge in [-0.25, -0.2) is 0 Å². The summed E-state index contributed by atoms with van der Waals surface area (Å²) in [5, 5.41) is 8.72. The maximum atomic E-state index is 8.72. The lowest BCUT2D eigenvalue weighted by Gasteiger charge is -2.36. The van der Waals surface area contributed by atoms with Crippen LogP contribution in [0, 0.1) is 5.92 Å². The molecule has 0 saturated heterocycles. The van der Waals surface area contributed by atoms with Crippen molar-refractivity contribution in [1.29, 1.82) is 0 Å². The standard InChI is InChI=1S/C13H24O2/c1-11-5-7-12(8-6-11)13(2,3)15-10-4-9-14/h5,12,14H,4,6-10H2,1-3H3/t12-/m0/s1. The summed E-state index contributed by atoms with van der Waals surface area (Å²) in [5.74, 6) is 0.625. The number of rotatable bonds is 5. The number of hydrogen-bond acceptors (Lipinski definition) is 2. The molecule has 0 unspecified atom stereocenters. The highest BCUT2D eigenvalue weighted by molar-refractivity contribution is 5.05. The molecule has 0 amide bonds. The van der Waals surface area contributed by atoms with E-state index in [0.717, 1.165) is 12.8 Å². The van der Waals surface area contributed by atoms with E-state index in [-0.39, 0.29) is 12.2 Å². The summed E-state index contributed by atoms with van der Waals surface area (Å²) in [6.07, 6.45) is 6.65. The molecular weight excluding hydrogens is 188 g/mol. The normalized spacial score (nSPS) is 22.7. The summed E-state index contributed by atoms with van der Waals surface area (Å²) in [6, 6.07) is 0. The predicted molar refractivity (Wildman–Crippen MR) is 62.8 cm³/mol. The molecule has 1 N–H and O–H groups in total. The molecule has 1 aliphatic carbocycles. The summed E-state index contributed by atoms with van der Waals surface area (Å²) >= 11 is 0. The van der Waals surface area contributed by atoms with Gasteiger partial charge in [0, 0.05) is 13.2 Å². The van der Waals surface area contributed by atoms with E-state index in [1.165, 1.54) is 18.4 Å². The van der Waals surface area contributed by atoms with Gasteiger partial charge in [0.15, 0.2) is 0 Å². The second-order valence-corrected chi connectivity index (χ2v) is 5.05. The smallest absolute Gasteiger partial charge is 0.0657 e. The van der Waals surface area contributed by atoms with Crippen molar-refractivity contribution in [2.75, 3.05) is 13.2 Å². The van der Waals surface area contributed by atoms with E-state index in [1.54, 1.807) is 0 Å². The van der Waals surface area contributed by atoms with Crippen LogP contribution in [0.3, 0.4) is 0 Å². The topological polar surface area (TPSA) is 29.5 Å². The fraction of sp³-hybridized carbons (Fsp3) is 0.846. The van der Waals surface area contributed by atoms with Crippen molar-refractivity contribution in [1.82, 2.24) is 0 Å². The van der Waals surface area contributed by atoms with Crippen molar-refractivity contribution in [3.63, 3.8) is 0 Å². The van der Waals surface area contributed by atoms with E-state index < -0.39 is 0 Å². The van der Waals surface area contributed by atoms with Crippen LogP contribution in [0.25, 0.3) is 0 Å². The summed E-state index contributed by atoms with van der Waals surface area (Å²) in [5.41, 5.74) is 1.46. The lowest BCUT2D eigenvalue weighted by atomic mass is 9.79. The van der Waals surface area contributed by atoms with E-state index in [1.807, 2.05) is 0 Å². The maximum Gasteiger partial charge on any atom is 0.0657 e. The van der Waals surface area contributed by atoms with Gasteiger partial charge < -0.3 is 9.84 Å². The van der Waals surface area contributed by atoms with Gasteiger partial charge in [0.25, 0.3) is 0 Å². The zero-order valence-corrected chi connectivity index (χ0v) is 10.3. The molecule has 0 aromatic carbocycles. The van der Waals surface area contributed by atoms with Crippen LogP contribution in [0.1, 0.15) is 46.5 Å². The molecule has 0 fully saturated rings. The molecule has 0 spiro atoms. The summed E-state index contributed by atoms with van der Waals surface area (Å²) in [4.78, 5) is 0. The first-order valence-electron chi connectivity index (χ1n) is 5.96. The van der Waals surface area contributed by atoms with Crippen molar-refractivity contribution in [2.45, 2.75) is 52.1 Å².